The van der Waals surface area contributed by atoms with Crippen LogP contribution >= 0.6 is 15.9 Å². The van der Waals surface area contributed by atoms with Crippen molar-refractivity contribution < 1.29 is 79.0 Å². The van der Waals surface area contributed by atoms with Crippen molar-refractivity contribution in [2.45, 2.75) is 626 Å². The van der Waals surface area contributed by atoms with E-state index in [0.29, 0.717) is 44.2 Å². The number of terminal acetylenes is 2. The van der Waals surface area contributed by atoms with Crippen molar-refractivity contribution in [3.05, 3.63) is 0 Å². The van der Waals surface area contributed by atoms with Crippen LogP contribution in [0.3, 0.4) is 0 Å². The summed E-state index contributed by atoms with van der Waals surface area (Å²) in [5.41, 5.74) is 5.48. The number of hydrogen-bond acceptors (Lipinski definition) is 13. The molecule has 1 saturated heterocycles. The second kappa shape index (κ2) is 152. The number of aliphatic hydroxyl groups is 3. The number of nitrogens with two attached hydrogens (primary N) is 1. The minimum absolute atomic E-state index is 0. The number of aliphatic carboxylic acids is 1. The molecule has 3 amide bonds. The predicted molar refractivity (Wildman–Crippen MR) is 613 cm³/mol. The average molecular weight is 2060 g/mol. The number of nitrogens with zero attached hydrogens (tertiary/aromatic N) is 1. The van der Waals surface area contributed by atoms with Crippen LogP contribution in [-0.2, 0) is 38.2 Å². The van der Waals surface area contributed by atoms with Crippen LogP contribution in [0.2, 0.25) is 0 Å². The zero-order valence-corrected chi connectivity index (χ0v) is 95.5. The van der Waals surface area contributed by atoms with Gasteiger partial charge in [0.25, 0.3) is 0 Å². The molecule has 0 unspecified atom stereocenters. The number of unbranched alkanes of at least 4 members (excludes halogenated alkanes) is 76. The molecule has 0 bridgehead atoms. The molecule has 0 atom stereocenters. The van der Waals surface area contributed by atoms with Crippen molar-refractivity contribution in [2.24, 2.45) is 5.73 Å². The van der Waals surface area contributed by atoms with Crippen molar-refractivity contribution >= 4 is 68.9 Å². The molecule has 1 fully saturated rings. The van der Waals surface area contributed by atoms with E-state index in [1.165, 1.54) is 488 Å². The van der Waals surface area contributed by atoms with Crippen LogP contribution < -0.4 is 40.5 Å². The van der Waals surface area contributed by atoms with Crippen LogP contribution in [0.1, 0.15) is 628 Å². The molecule has 9 N–H and O–H groups in total. The summed E-state index contributed by atoms with van der Waals surface area (Å²) in [5.74, 6) is 3.41. The second-order valence-electron chi connectivity index (χ2n) is 39.3. The first-order chi connectivity index (χ1) is 67.7. The summed E-state index contributed by atoms with van der Waals surface area (Å²) in [6, 6.07) is 0. The van der Waals surface area contributed by atoms with E-state index in [2.05, 4.69) is 88.0 Å². The summed E-state index contributed by atoms with van der Waals surface area (Å²) in [7, 11) is 0. The van der Waals surface area contributed by atoms with Gasteiger partial charge in [0.2, 0.25) is 17.7 Å². The fourth-order valence-electron chi connectivity index (χ4n) is 16.7. The Morgan fingerprint density at radius 3 is 0.679 bits per heavy atom. The average Bonchev–Trinajstić information content (AvgIpc) is 1.83. The maximum Gasteiger partial charge on any atom is 1.00 e. The topological polar surface area (TPSA) is 267 Å². The Kier molecular flexibility index (Phi) is 168. The Balaban J connectivity index is -0.000000182. The second-order valence-corrected chi connectivity index (χ2v) is 39.8. The van der Waals surface area contributed by atoms with Crippen LogP contribution in [0.4, 0.5) is 0 Å². The zero-order chi connectivity index (χ0) is 103. The molecule has 17 nitrogen and oxygen atoms in total. The van der Waals surface area contributed by atoms with Crippen molar-refractivity contribution in [3.8, 4) is 24.7 Å². The van der Waals surface area contributed by atoms with Gasteiger partial charge >= 0.3 is 36.8 Å². The first-order valence-electron chi connectivity index (χ1n) is 59.7. The summed E-state index contributed by atoms with van der Waals surface area (Å²) in [5, 5.41) is 44.0. The van der Waals surface area contributed by atoms with E-state index in [-0.39, 0.29) is 94.3 Å². The molecule has 1 heterocycles. The Morgan fingerprint density at radius 1 is 0.321 bits per heavy atom. The van der Waals surface area contributed by atoms with Crippen molar-refractivity contribution in [1.29, 1.82) is 0 Å². The van der Waals surface area contributed by atoms with Crippen LogP contribution in [0.15, 0.2) is 0 Å². The van der Waals surface area contributed by atoms with Crippen molar-refractivity contribution in [3.63, 3.8) is 0 Å². The standard InChI is InChI=1S/C25H49NO.C22H43NO3.2C22H45NO2.C18H39N.C4H4O3.C4H10O.C3H3Br.Al.Li.4H/c1-3-5-6-7-8-9-10-11-12-13-14-15-16-17-18-19-23-26(22-4-2)24-20-21-25-27;1-2-3-4-5-6-7-8-9-10-11-12-13-14-15-16-17-20-23-21(24)18-19-22(25)26;2*1-2-3-4-5-6-7-8-9-10-11-12-13-14-15-16-17-20-23-22(25)19-18-21-24;1-2-3-4-5-6-7-8-9-10-11-12-13-14-15-16-17-18-19;5-3-1-2-4(6)7-3;1-3-5-4-2;1-2-3-4;;;;;;/h2,27H,3,5-25H2,1H3;2-20H2,1H3,(H,23,24)(H,25,26);2*24H,2-21H2,1H3,(H,23,25);2-19H2,1H3;1-2H2;3-4H2,1-2H3;1H,3H2;;;;;;/q;;;;;;;;;+1;;;;-1. The number of amides is 3. The van der Waals surface area contributed by atoms with Gasteiger partial charge in [0, 0.05) is 71.9 Å². The Morgan fingerprint density at radius 2 is 0.514 bits per heavy atom. The molecule has 0 radical (unpaired) electrons. The molecule has 0 saturated carbocycles. The Bertz CT molecular complexity index is 2320. The molecule has 0 aromatic carbocycles. The molecule has 0 aromatic rings. The van der Waals surface area contributed by atoms with Gasteiger partial charge in [-0.2, -0.15) is 0 Å². The molecule has 830 valence electrons. The monoisotopic (exact) mass is 2060 g/mol. The molecule has 20 heteroatoms. The van der Waals surface area contributed by atoms with E-state index in [1.807, 2.05) is 13.8 Å². The molecular weight excluding hydrogens is 1820 g/mol. The number of aliphatic hydroxyl groups excluding tert-OH is 3. The van der Waals surface area contributed by atoms with Gasteiger partial charge < -0.3 is 53.0 Å². The number of alkyl halides is 1. The van der Waals surface area contributed by atoms with E-state index in [0.717, 1.165) is 91.0 Å². The summed E-state index contributed by atoms with van der Waals surface area (Å²) in [6.45, 7) is 23.6. The summed E-state index contributed by atoms with van der Waals surface area (Å²) >= 11 is 3.01. The predicted octanol–water partition coefficient (Wildman–Crippen LogP) is 29.5. The number of esters is 2. The summed E-state index contributed by atoms with van der Waals surface area (Å²) in [4.78, 5) is 66.8. The maximum absolute atomic E-state index is 11.3. The van der Waals surface area contributed by atoms with Crippen LogP contribution in [0.5, 0.6) is 0 Å². The van der Waals surface area contributed by atoms with E-state index < -0.39 is 17.9 Å². The van der Waals surface area contributed by atoms with Gasteiger partial charge in [-0.05, 0) is 91.3 Å². The number of carbonyl (C=O) groups excluding carboxylic acids is 5. The van der Waals surface area contributed by atoms with E-state index in [1.54, 1.807) is 0 Å². The normalized spacial score (nSPS) is 11.0. The number of ether oxygens (including phenoxy) is 2. The fourth-order valence-corrected chi connectivity index (χ4v) is 16.7. The zero-order valence-electron chi connectivity index (χ0n) is 94.9. The third-order valence-electron chi connectivity index (χ3n) is 25.6. The first kappa shape index (κ1) is 155. The Hall–Kier alpha value is -2.49. The molecule has 140 heavy (non-hydrogen) atoms. The number of hydrogen-bond donors (Lipinski definition) is 8. The Labute approximate surface area is 903 Å². The van der Waals surface area contributed by atoms with Crippen LogP contribution in [0.25, 0.3) is 0 Å². The maximum atomic E-state index is 11.3. The van der Waals surface area contributed by atoms with Gasteiger partial charge in [0.05, 0.1) is 31.1 Å². The fraction of sp³-hybridized carbons (Fsp3) is 0.917. The molecule has 0 spiro atoms. The van der Waals surface area contributed by atoms with Gasteiger partial charge in [-0.25, -0.2) is 0 Å². The first-order valence-corrected chi connectivity index (χ1v) is 60.8. The summed E-state index contributed by atoms with van der Waals surface area (Å²) < 4.78 is 8.92. The minimum Gasteiger partial charge on any atom is -1.00 e. The third kappa shape index (κ3) is 166. The number of carboxylic acids is 1. The number of carbonyl (C=O) groups is 6. The number of halogens is 1. The van der Waals surface area contributed by atoms with E-state index >= 15 is 0 Å². The molecule has 0 aliphatic carbocycles. The van der Waals surface area contributed by atoms with Gasteiger partial charge in [0.1, 0.15) is 0 Å². The van der Waals surface area contributed by atoms with Gasteiger partial charge in [-0.15, -0.1) is 12.8 Å². The summed E-state index contributed by atoms with van der Waals surface area (Å²) in [6.07, 6.45) is 126. The third-order valence-corrected chi connectivity index (χ3v) is 25.9. The number of nitrogens with one attached hydrogen (secondary N) is 3. The minimum atomic E-state index is -0.914. The largest absolute Gasteiger partial charge is 1.00 e. The van der Waals surface area contributed by atoms with Gasteiger partial charge in [-0.3, -0.25) is 33.7 Å². The van der Waals surface area contributed by atoms with Crippen LogP contribution in [0, 0.1) is 24.7 Å². The molecule has 1 aliphatic heterocycles. The molecule has 1 aliphatic rings. The van der Waals surface area contributed by atoms with E-state index in [9.17, 15) is 28.8 Å². The number of rotatable bonds is 100. The van der Waals surface area contributed by atoms with Gasteiger partial charge in [-0.1, -0.05) is 544 Å². The quantitative estimate of drug-likeness (QED) is 0.00703. The molecule has 1 rings (SSSR count). The SMILES string of the molecule is C#CCBr.C#CCN(CCCCO)CCCCCCCCCCCCCCCCCC.CCCCCCCCCCCCCCCCCCN.CCCCCCCCCCCCCCCCCCNC(=O)CCC(=O)O.CCCCCCCCCCCCCCCCCCNC(=O)CCCO.CCCCCCCCCCCCCCCCCCNC(=O)CCCO.CCOCC.O=C1CCC(=O)O1.[AlH3].[H-].[Li+]. The number of carboxylic acid groups (broad SMARTS) is 1. The van der Waals surface area contributed by atoms with Gasteiger partial charge in [0.15, 0.2) is 17.4 Å². The van der Waals surface area contributed by atoms with Crippen molar-refractivity contribution in [2.75, 3.05) is 84.2 Å². The van der Waals surface area contributed by atoms with Crippen molar-refractivity contribution in [1.82, 2.24) is 20.9 Å². The molecule has 0 aromatic heterocycles. The molecular formula is C120H242AlBrLiN5O12. The number of cyclic esters (lactones) is 2. The van der Waals surface area contributed by atoms with Crippen LogP contribution in [-0.4, -0.2) is 162 Å². The smallest absolute Gasteiger partial charge is 1.00 e. The van der Waals surface area contributed by atoms with E-state index in [4.69, 9.17) is 43.7 Å².